The number of carbonyl (C=O) groups is 5. The minimum Gasteiger partial charge on any atom is -0.453 e. The van der Waals surface area contributed by atoms with Gasteiger partial charge in [0.1, 0.15) is 6.10 Å². The number of aliphatic hydroxyl groups is 1. The summed E-state index contributed by atoms with van der Waals surface area (Å²) >= 11 is 0. The number of esters is 1. The van der Waals surface area contributed by atoms with Gasteiger partial charge in [-0.15, -0.1) is 0 Å². The summed E-state index contributed by atoms with van der Waals surface area (Å²) in [6.07, 6.45) is 7.14. The summed E-state index contributed by atoms with van der Waals surface area (Å²) in [6.45, 7) is 3.06. The molecule has 9 heteroatoms. The second kappa shape index (κ2) is 18.6. The Hall–Kier alpha value is -4.11. The third kappa shape index (κ3) is 11.1. The molecule has 0 bridgehead atoms. The van der Waals surface area contributed by atoms with Gasteiger partial charge in [-0.05, 0) is 49.5 Å². The van der Waals surface area contributed by atoms with Crippen molar-refractivity contribution in [3.8, 4) is 0 Å². The Balaban J connectivity index is 1.72. The summed E-state index contributed by atoms with van der Waals surface area (Å²) < 4.78 is 11.0. The van der Waals surface area contributed by atoms with Crippen LogP contribution in [0.4, 0.5) is 4.79 Å². The Morgan fingerprint density at radius 2 is 1.44 bits per heavy atom. The van der Waals surface area contributed by atoms with Gasteiger partial charge in [0.05, 0.1) is 12.0 Å². The fraction of sp³-hybridized carbons (Fsp3) is 0.472. The summed E-state index contributed by atoms with van der Waals surface area (Å²) in [7, 11) is 0. The highest BCUT2D eigenvalue weighted by Crippen LogP contribution is 2.34. The molecular formula is C36H45NO8. The molecule has 1 heterocycles. The van der Waals surface area contributed by atoms with Crippen LogP contribution in [0.25, 0.3) is 0 Å². The lowest BCUT2D eigenvalue weighted by Gasteiger charge is -2.28. The number of cyclic esters (lactones) is 1. The Bertz CT molecular complexity index is 1290. The van der Waals surface area contributed by atoms with E-state index >= 15 is 0 Å². The van der Waals surface area contributed by atoms with E-state index in [0.717, 1.165) is 68.4 Å². The maximum Gasteiger partial charge on any atom is 0.417 e. The van der Waals surface area contributed by atoms with Crippen LogP contribution in [-0.2, 0) is 35.1 Å². The van der Waals surface area contributed by atoms with Crippen LogP contribution in [0.3, 0.4) is 0 Å². The van der Waals surface area contributed by atoms with Crippen LogP contribution >= 0.6 is 0 Å². The van der Waals surface area contributed by atoms with E-state index in [0.29, 0.717) is 12.0 Å². The van der Waals surface area contributed by atoms with Crippen molar-refractivity contribution >= 4 is 29.5 Å². The Morgan fingerprint density at radius 1 is 0.867 bits per heavy atom. The Labute approximate surface area is 265 Å². The van der Waals surface area contributed by atoms with Crippen LogP contribution in [0.15, 0.2) is 72.8 Å². The molecule has 0 saturated carbocycles. The van der Waals surface area contributed by atoms with E-state index in [1.165, 1.54) is 6.08 Å². The van der Waals surface area contributed by atoms with Crippen LogP contribution in [0.2, 0.25) is 0 Å². The average molecular weight is 620 g/mol. The van der Waals surface area contributed by atoms with E-state index in [-0.39, 0.29) is 25.2 Å². The van der Waals surface area contributed by atoms with E-state index < -0.39 is 47.9 Å². The van der Waals surface area contributed by atoms with Crippen LogP contribution in [0.5, 0.6) is 0 Å². The smallest absolute Gasteiger partial charge is 0.417 e. The molecule has 1 saturated heterocycles. The number of amides is 2. The highest BCUT2D eigenvalue weighted by molar-refractivity contribution is 6.04. The van der Waals surface area contributed by atoms with Gasteiger partial charge in [0, 0.05) is 20.0 Å². The van der Waals surface area contributed by atoms with Gasteiger partial charge in [-0.25, -0.2) is 9.69 Å². The number of benzene rings is 2. The van der Waals surface area contributed by atoms with Crippen LogP contribution in [0.1, 0.15) is 88.9 Å². The van der Waals surface area contributed by atoms with Crippen molar-refractivity contribution in [1.82, 2.24) is 4.90 Å². The molecule has 0 aliphatic carbocycles. The van der Waals surface area contributed by atoms with Crippen molar-refractivity contribution in [2.24, 2.45) is 5.92 Å². The molecule has 0 spiro atoms. The van der Waals surface area contributed by atoms with Crippen molar-refractivity contribution in [2.75, 3.05) is 6.61 Å². The first kappa shape index (κ1) is 35.4. The number of allylic oxidation sites excluding steroid dienone is 1. The van der Waals surface area contributed by atoms with Gasteiger partial charge in [0.15, 0.2) is 17.7 Å². The number of hydrogen-bond donors (Lipinski definition) is 1. The highest BCUT2D eigenvalue weighted by atomic mass is 16.6. The predicted octanol–water partition coefficient (Wildman–Crippen LogP) is 6.08. The fourth-order valence-corrected chi connectivity index (χ4v) is 5.56. The molecule has 2 aromatic rings. The second-order valence-electron chi connectivity index (χ2n) is 11.5. The molecule has 45 heavy (non-hydrogen) atoms. The minimum absolute atomic E-state index is 0.0116. The zero-order valence-electron chi connectivity index (χ0n) is 26.3. The first-order valence-electron chi connectivity index (χ1n) is 15.9. The molecule has 3 rings (SSSR count). The van der Waals surface area contributed by atoms with Gasteiger partial charge in [0.25, 0.3) is 0 Å². The largest absolute Gasteiger partial charge is 0.453 e. The van der Waals surface area contributed by atoms with Crippen molar-refractivity contribution in [3.63, 3.8) is 0 Å². The van der Waals surface area contributed by atoms with Crippen molar-refractivity contribution in [1.29, 1.82) is 0 Å². The lowest BCUT2D eigenvalue weighted by atomic mass is 9.89. The van der Waals surface area contributed by atoms with Crippen LogP contribution < -0.4 is 0 Å². The maximum atomic E-state index is 14.1. The van der Waals surface area contributed by atoms with E-state index in [4.69, 9.17) is 14.6 Å². The molecule has 0 aromatic heterocycles. The lowest BCUT2D eigenvalue weighted by molar-refractivity contribution is -0.158. The summed E-state index contributed by atoms with van der Waals surface area (Å²) in [4.78, 5) is 66.3. The van der Waals surface area contributed by atoms with Gasteiger partial charge in [-0.3, -0.25) is 19.2 Å². The molecule has 1 N–H and O–H groups in total. The van der Waals surface area contributed by atoms with Crippen LogP contribution in [-0.4, -0.2) is 58.3 Å². The molecule has 4 unspecified atom stereocenters. The molecule has 4 atom stereocenters. The second-order valence-corrected chi connectivity index (χ2v) is 11.5. The SMILES string of the molecule is CC(=O)OC(C(=O)C=CC(=O)CCCCCCCCCCO)C(Cc1ccccc1)C(=O)N1C(=O)OC(c2ccccc2)C1C. The first-order valence-corrected chi connectivity index (χ1v) is 15.9. The van der Waals surface area contributed by atoms with Crippen LogP contribution in [0, 0.1) is 5.92 Å². The summed E-state index contributed by atoms with van der Waals surface area (Å²) in [5, 5.41) is 8.84. The number of nitrogens with zero attached hydrogens (tertiary/aromatic N) is 1. The van der Waals surface area contributed by atoms with Gasteiger partial charge < -0.3 is 14.6 Å². The van der Waals surface area contributed by atoms with Crippen molar-refractivity contribution < 1.29 is 38.6 Å². The molecule has 2 amide bonds. The number of ether oxygens (including phenoxy) is 2. The molecule has 9 nitrogen and oxygen atoms in total. The zero-order valence-corrected chi connectivity index (χ0v) is 26.3. The molecule has 1 fully saturated rings. The molecule has 0 radical (unpaired) electrons. The Kier molecular flexibility index (Phi) is 14.7. The highest BCUT2D eigenvalue weighted by Gasteiger charge is 2.48. The number of unbranched alkanes of at least 4 members (excludes halogenated alkanes) is 7. The van der Waals surface area contributed by atoms with E-state index in [1.54, 1.807) is 43.3 Å². The Morgan fingerprint density at radius 3 is 2.04 bits per heavy atom. The normalized spacial score (nSPS) is 17.6. The fourth-order valence-electron chi connectivity index (χ4n) is 5.56. The third-order valence-corrected chi connectivity index (χ3v) is 7.95. The van der Waals surface area contributed by atoms with Crippen molar-refractivity contribution in [2.45, 2.75) is 96.3 Å². The quantitative estimate of drug-likeness (QED) is 0.114. The number of imide groups is 1. The minimum atomic E-state index is -1.55. The number of ketones is 2. The number of hydrogen-bond acceptors (Lipinski definition) is 8. The number of carbonyl (C=O) groups excluding carboxylic acids is 5. The molecule has 1 aliphatic heterocycles. The summed E-state index contributed by atoms with van der Waals surface area (Å²) in [5.41, 5.74) is 1.43. The average Bonchev–Trinajstić information content (AvgIpc) is 3.34. The van der Waals surface area contributed by atoms with Gasteiger partial charge >= 0.3 is 12.1 Å². The number of aliphatic hydroxyl groups excluding tert-OH is 1. The standard InChI is InChI=1S/C36H45NO8/c1-26-33(29-19-13-10-14-20-29)45-36(43)37(26)35(42)31(25-28-17-11-9-12-18-28)34(44-27(2)39)32(41)23-22-30(40)21-15-7-5-3-4-6-8-16-24-38/h9-14,17-20,22-23,26,31,33-34,38H,3-8,15-16,21,24-25H2,1-2H3. The van der Waals surface area contributed by atoms with Crippen molar-refractivity contribution in [3.05, 3.63) is 83.9 Å². The lowest BCUT2D eigenvalue weighted by Crippen LogP contribution is -2.48. The van der Waals surface area contributed by atoms with E-state index in [1.807, 2.05) is 24.3 Å². The summed E-state index contributed by atoms with van der Waals surface area (Å²) in [6, 6.07) is 17.3. The predicted molar refractivity (Wildman–Crippen MR) is 169 cm³/mol. The molecule has 242 valence electrons. The van der Waals surface area contributed by atoms with E-state index in [9.17, 15) is 24.0 Å². The molecule has 1 aliphatic rings. The molecular weight excluding hydrogens is 574 g/mol. The third-order valence-electron chi connectivity index (χ3n) is 7.95. The maximum absolute atomic E-state index is 14.1. The molecule has 2 aromatic carbocycles. The number of rotatable bonds is 19. The summed E-state index contributed by atoms with van der Waals surface area (Å²) in [5.74, 6) is -3.66. The van der Waals surface area contributed by atoms with E-state index in [2.05, 4.69) is 0 Å². The first-order chi connectivity index (χ1) is 21.7. The monoisotopic (exact) mass is 619 g/mol. The topological polar surface area (TPSA) is 127 Å². The zero-order chi connectivity index (χ0) is 32.6. The van der Waals surface area contributed by atoms with Gasteiger partial charge in [-0.2, -0.15) is 0 Å². The van der Waals surface area contributed by atoms with Gasteiger partial charge in [0.2, 0.25) is 5.91 Å². The van der Waals surface area contributed by atoms with Gasteiger partial charge in [-0.1, -0.05) is 99.2 Å².